The Bertz CT molecular complexity index is 357. The Kier molecular flexibility index (Phi) is 4.19. The summed E-state index contributed by atoms with van der Waals surface area (Å²) in [7, 11) is 4.08. The highest BCUT2D eigenvalue weighted by molar-refractivity contribution is 5.66. The van der Waals surface area contributed by atoms with Crippen LogP contribution in [0.3, 0.4) is 0 Å². The predicted molar refractivity (Wildman–Crippen MR) is 72.5 cm³/mol. The van der Waals surface area contributed by atoms with Crippen LogP contribution in [0.4, 0.5) is 0 Å². The van der Waals surface area contributed by atoms with Gasteiger partial charge in [-0.2, -0.15) is 0 Å². The van der Waals surface area contributed by atoms with Gasteiger partial charge < -0.3 is 24.7 Å². The zero-order valence-corrected chi connectivity index (χ0v) is 11.6. The van der Waals surface area contributed by atoms with Crippen molar-refractivity contribution in [2.24, 2.45) is 0 Å². The molecule has 2 rings (SSSR count). The fourth-order valence-corrected chi connectivity index (χ4v) is 2.45. The number of carboxylic acid groups (broad SMARTS) is 1. The third-order valence-electron chi connectivity index (χ3n) is 3.42. The maximum absolute atomic E-state index is 10.7. The van der Waals surface area contributed by atoms with E-state index in [2.05, 4.69) is 32.0 Å². The molecule has 0 aromatic carbocycles. The van der Waals surface area contributed by atoms with Crippen molar-refractivity contribution in [3.8, 4) is 0 Å². The van der Waals surface area contributed by atoms with Gasteiger partial charge in [0.25, 0.3) is 0 Å². The number of carboxylic acids is 1. The molecule has 2 aliphatic heterocycles. The molecule has 1 N–H and O–H groups in total. The molecule has 0 saturated carbocycles. The summed E-state index contributed by atoms with van der Waals surface area (Å²) in [6, 6.07) is 0. The maximum atomic E-state index is 10.7. The first-order chi connectivity index (χ1) is 9.06. The van der Waals surface area contributed by atoms with Crippen molar-refractivity contribution in [3.63, 3.8) is 0 Å². The van der Waals surface area contributed by atoms with Gasteiger partial charge in [0.1, 0.15) is 6.17 Å². The molecule has 0 aliphatic carbocycles. The van der Waals surface area contributed by atoms with E-state index in [9.17, 15) is 4.79 Å². The van der Waals surface area contributed by atoms with E-state index < -0.39 is 5.97 Å². The monoisotopic (exact) mass is 266 g/mol. The molecule has 6 heteroatoms. The topological polar surface area (TPSA) is 50.3 Å². The molecule has 0 atom stereocenters. The number of rotatable bonds is 6. The summed E-state index contributed by atoms with van der Waals surface area (Å²) in [6.07, 6.45) is 10.3. The van der Waals surface area contributed by atoms with Crippen LogP contribution in [0.1, 0.15) is 19.3 Å². The van der Waals surface area contributed by atoms with E-state index in [0.29, 0.717) is 6.42 Å². The van der Waals surface area contributed by atoms with Crippen LogP contribution in [0.2, 0.25) is 0 Å². The average molecular weight is 266 g/mol. The SMILES string of the molecule is CN1C=CN(C(CCCC(=O)O)N2C=CN(C)C2)C1. The van der Waals surface area contributed by atoms with Crippen LogP contribution >= 0.6 is 0 Å². The third-order valence-corrected chi connectivity index (χ3v) is 3.42. The van der Waals surface area contributed by atoms with Crippen LogP contribution in [0.5, 0.6) is 0 Å². The summed E-state index contributed by atoms with van der Waals surface area (Å²) in [5.41, 5.74) is 0. The van der Waals surface area contributed by atoms with Gasteiger partial charge in [-0.3, -0.25) is 4.79 Å². The molecule has 0 spiro atoms. The van der Waals surface area contributed by atoms with Gasteiger partial charge >= 0.3 is 5.97 Å². The summed E-state index contributed by atoms with van der Waals surface area (Å²) < 4.78 is 0. The van der Waals surface area contributed by atoms with E-state index in [0.717, 1.165) is 19.8 Å². The lowest BCUT2D eigenvalue weighted by Crippen LogP contribution is -2.45. The quantitative estimate of drug-likeness (QED) is 0.771. The van der Waals surface area contributed by atoms with E-state index in [-0.39, 0.29) is 12.6 Å². The van der Waals surface area contributed by atoms with E-state index in [1.807, 2.05) is 26.5 Å². The van der Waals surface area contributed by atoms with E-state index in [1.165, 1.54) is 0 Å². The third kappa shape index (κ3) is 3.56. The van der Waals surface area contributed by atoms with Gasteiger partial charge in [-0.1, -0.05) is 0 Å². The van der Waals surface area contributed by atoms with Crippen molar-refractivity contribution in [1.82, 2.24) is 19.6 Å². The lowest BCUT2D eigenvalue weighted by atomic mass is 10.2. The lowest BCUT2D eigenvalue weighted by molar-refractivity contribution is -0.137. The fraction of sp³-hybridized carbons (Fsp3) is 0.615. The molecule has 0 unspecified atom stereocenters. The van der Waals surface area contributed by atoms with Gasteiger partial charge in [-0.15, -0.1) is 0 Å². The summed E-state index contributed by atoms with van der Waals surface area (Å²) in [6.45, 7) is 1.71. The van der Waals surface area contributed by atoms with Crippen LogP contribution in [0.25, 0.3) is 0 Å². The lowest BCUT2D eigenvalue weighted by Gasteiger charge is -2.36. The number of carbonyl (C=O) groups is 1. The van der Waals surface area contributed by atoms with Gasteiger partial charge in [-0.05, 0) is 12.8 Å². The van der Waals surface area contributed by atoms with E-state index >= 15 is 0 Å². The van der Waals surface area contributed by atoms with Crippen molar-refractivity contribution in [2.45, 2.75) is 25.4 Å². The van der Waals surface area contributed by atoms with Gasteiger partial charge in [-0.25, -0.2) is 0 Å². The van der Waals surface area contributed by atoms with Crippen molar-refractivity contribution in [2.75, 3.05) is 27.4 Å². The summed E-state index contributed by atoms with van der Waals surface area (Å²) in [5, 5.41) is 8.77. The van der Waals surface area contributed by atoms with E-state index in [4.69, 9.17) is 5.11 Å². The molecule has 0 bridgehead atoms. The molecule has 19 heavy (non-hydrogen) atoms. The molecule has 6 nitrogen and oxygen atoms in total. The smallest absolute Gasteiger partial charge is 0.303 e. The van der Waals surface area contributed by atoms with Crippen LogP contribution in [-0.4, -0.2) is 64.3 Å². The van der Waals surface area contributed by atoms with Gasteiger partial charge in [0.15, 0.2) is 0 Å². The largest absolute Gasteiger partial charge is 0.481 e. The van der Waals surface area contributed by atoms with E-state index in [1.54, 1.807) is 0 Å². The first-order valence-electron chi connectivity index (χ1n) is 6.56. The average Bonchev–Trinajstić information content (AvgIpc) is 2.94. The standard InChI is InChI=1S/C13H22N4O2/c1-14-6-8-16(10-14)12(4-3-5-13(18)19)17-9-7-15(2)11-17/h6-9,12H,3-5,10-11H2,1-2H3,(H,18,19). The molecule has 0 aromatic heterocycles. The minimum atomic E-state index is -0.720. The minimum Gasteiger partial charge on any atom is -0.481 e. The van der Waals surface area contributed by atoms with Crippen LogP contribution in [0, 0.1) is 0 Å². The number of nitrogens with zero attached hydrogens (tertiary/aromatic N) is 4. The molecule has 0 radical (unpaired) electrons. The summed E-state index contributed by atoms with van der Waals surface area (Å²) in [4.78, 5) is 19.4. The molecule has 2 heterocycles. The molecule has 2 aliphatic rings. The Morgan fingerprint density at radius 2 is 1.63 bits per heavy atom. The molecule has 0 amide bonds. The van der Waals surface area contributed by atoms with Gasteiger partial charge in [0.2, 0.25) is 0 Å². The Morgan fingerprint density at radius 3 is 2.00 bits per heavy atom. The first-order valence-corrected chi connectivity index (χ1v) is 6.56. The minimum absolute atomic E-state index is 0.224. The second-order valence-electron chi connectivity index (χ2n) is 5.19. The first kappa shape index (κ1) is 13.6. The Hall–Kier alpha value is -1.85. The number of hydrogen-bond donors (Lipinski definition) is 1. The fourth-order valence-electron chi connectivity index (χ4n) is 2.45. The molecular weight excluding hydrogens is 244 g/mol. The molecule has 0 aromatic rings. The molecular formula is C13H22N4O2. The number of hydrogen-bond acceptors (Lipinski definition) is 5. The number of aliphatic carboxylic acids is 1. The molecule has 0 saturated heterocycles. The van der Waals surface area contributed by atoms with Crippen LogP contribution in [0.15, 0.2) is 24.8 Å². The van der Waals surface area contributed by atoms with Crippen molar-refractivity contribution >= 4 is 5.97 Å². The second kappa shape index (κ2) is 5.86. The highest BCUT2D eigenvalue weighted by Crippen LogP contribution is 2.21. The van der Waals surface area contributed by atoms with Crippen LogP contribution < -0.4 is 0 Å². The Balaban J connectivity index is 1.95. The molecule has 0 fully saturated rings. The summed E-state index contributed by atoms with van der Waals surface area (Å²) in [5.74, 6) is -0.720. The van der Waals surface area contributed by atoms with Crippen LogP contribution in [-0.2, 0) is 4.79 Å². The Labute approximate surface area is 114 Å². The van der Waals surface area contributed by atoms with Crippen molar-refractivity contribution in [1.29, 1.82) is 0 Å². The van der Waals surface area contributed by atoms with Crippen molar-refractivity contribution in [3.05, 3.63) is 24.8 Å². The Morgan fingerprint density at radius 1 is 1.11 bits per heavy atom. The highest BCUT2D eigenvalue weighted by Gasteiger charge is 2.26. The van der Waals surface area contributed by atoms with Gasteiger partial charge in [0, 0.05) is 45.3 Å². The van der Waals surface area contributed by atoms with Gasteiger partial charge in [0.05, 0.1) is 13.3 Å². The maximum Gasteiger partial charge on any atom is 0.303 e. The highest BCUT2D eigenvalue weighted by atomic mass is 16.4. The normalized spacial score (nSPS) is 18.3. The zero-order chi connectivity index (χ0) is 13.8. The molecule has 106 valence electrons. The second-order valence-corrected chi connectivity index (χ2v) is 5.19. The zero-order valence-electron chi connectivity index (χ0n) is 11.6. The van der Waals surface area contributed by atoms with Crippen molar-refractivity contribution < 1.29 is 9.90 Å². The predicted octanol–water partition coefficient (Wildman–Crippen LogP) is 0.920. The summed E-state index contributed by atoms with van der Waals surface area (Å²) >= 11 is 0.